The molecule has 0 amide bonds. The molecule has 6 heteroatoms. The lowest BCUT2D eigenvalue weighted by Gasteiger charge is -2.19. The SMILES string of the molecule is COCCCN(C)Cc1cc(B(O)O)ccc1OC. The molecule has 0 aromatic heterocycles. The van der Waals surface area contributed by atoms with E-state index in [2.05, 4.69) is 4.90 Å². The van der Waals surface area contributed by atoms with Gasteiger partial charge in [0, 0.05) is 32.4 Å². The predicted octanol–water partition coefficient (Wildman–Crippen LogP) is -0.157. The highest BCUT2D eigenvalue weighted by Crippen LogP contribution is 2.18. The monoisotopic (exact) mass is 267 g/mol. The van der Waals surface area contributed by atoms with Crippen molar-refractivity contribution in [2.24, 2.45) is 0 Å². The lowest BCUT2D eigenvalue weighted by atomic mass is 9.79. The molecule has 0 unspecified atom stereocenters. The molecule has 1 rings (SSSR count). The third-order valence-corrected chi connectivity index (χ3v) is 2.93. The number of rotatable bonds is 8. The molecule has 0 atom stereocenters. The Kier molecular flexibility index (Phi) is 6.87. The molecule has 0 saturated carbocycles. The predicted molar refractivity (Wildman–Crippen MR) is 75.6 cm³/mol. The zero-order valence-corrected chi connectivity index (χ0v) is 11.8. The van der Waals surface area contributed by atoms with Crippen molar-refractivity contribution in [3.63, 3.8) is 0 Å². The summed E-state index contributed by atoms with van der Waals surface area (Å²) in [5, 5.41) is 18.4. The van der Waals surface area contributed by atoms with Crippen LogP contribution < -0.4 is 10.2 Å². The maximum atomic E-state index is 9.20. The van der Waals surface area contributed by atoms with Gasteiger partial charge in [0.15, 0.2) is 0 Å². The van der Waals surface area contributed by atoms with Crippen molar-refractivity contribution in [1.29, 1.82) is 0 Å². The van der Waals surface area contributed by atoms with E-state index in [1.807, 2.05) is 7.05 Å². The standard InChI is InChI=1S/C13H22BNO4/c1-15(7-4-8-18-2)10-11-9-12(14(16)17)5-6-13(11)19-3/h5-6,9,16-17H,4,7-8,10H2,1-3H3. The highest BCUT2D eigenvalue weighted by Gasteiger charge is 2.14. The molecule has 0 fully saturated rings. The van der Waals surface area contributed by atoms with Gasteiger partial charge in [-0.25, -0.2) is 0 Å². The van der Waals surface area contributed by atoms with Crippen molar-refractivity contribution < 1.29 is 19.5 Å². The maximum Gasteiger partial charge on any atom is 0.488 e. The highest BCUT2D eigenvalue weighted by atomic mass is 16.5. The van der Waals surface area contributed by atoms with Crippen LogP contribution in [0.5, 0.6) is 5.75 Å². The minimum atomic E-state index is -1.46. The van der Waals surface area contributed by atoms with E-state index in [4.69, 9.17) is 9.47 Å². The van der Waals surface area contributed by atoms with Gasteiger partial charge in [-0.2, -0.15) is 0 Å². The summed E-state index contributed by atoms with van der Waals surface area (Å²) in [5.41, 5.74) is 1.41. The molecule has 0 aliphatic carbocycles. The van der Waals surface area contributed by atoms with Crippen molar-refractivity contribution >= 4 is 12.6 Å². The van der Waals surface area contributed by atoms with Crippen molar-refractivity contribution in [1.82, 2.24) is 4.90 Å². The highest BCUT2D eigenvalue weighted by molar-refractivity contribution is 6.58. The first-order valence-corrected chi connectivity index (χ1v) is 6.29. The molecule has 0 spiro atoms. The Hall–Kier alpha value is -1.08. The van der Waals surface area contributed by atoms with Gasteiger partial charge in [-0.05, 0) is 25.0 Å². The molecule has 0 bridgehead atoms. The Morgan fingerprint density at radius 3 is 2.58 bits per heavy atom. The Morgan fingerprint density at radius 2 is 2.00 bits per heavy atom. The normalized spacial score (nSPS) is 10.8. The molecular weight excluding hydrogens is 245 g/mol. The van der Waals surface area contributed by atoms with E-state index in [1.165, 1.54) is 0 Å². The van der Waals surface area contributed by atoms with Crippen LogP contribution in [0.3, 0.4) is 0 Å². The van der Waals surface area contributed by atoms with E-state index >= 15 is 0 Å². The van der Waals surface area contributed by atoms with Crippen LogP contribution in [0.1, 0.15) is 12.0 Å². The van der Waals surface area contributed by atoms with Gasteiger partial charge >= 0.3 is 7.12 Å². The van der Waals surface area contributed by atoms with Crippen molar-refractivity contribution in [3.05, 3.63) is 23.8 Å². The van der Waals surface area contributed by atoms with Crippen LogP contribution in [0.2, 0.25) is 0 Å². The maximum absolute atomic E-state index is 9.20. The Bertz CT molecular complexity index is 387. The van der Waals surface area contributed by atoms with Crippen LogP contribution in [0, 0.1) is 0 Å². The Labute approximate surface area is 114 Å². The molecule has 0 aliphatic heterocycles. The number of hydrogen-bond donors (Lipinski definition) is 2. The zero-order valence-electron chi connectivity index (χ0n) is 11.8. The van der Waals surface area contributed by atoms with Crippen LogP contribution in [0.4, 0.5) is 0 Å². The molecule has 1 aromatic carbocycles. The molecule has 2 N–H and O–H groups in total. The smallest absolute Gasteiger partial charge is 0.488 e. The minimum Gasteiger partial charge on any atom is -0.496 e. The molecule has 0 heterocycles. The van der Waals surface area contributed by atoms with Crippen LogP contribution in [-0.4, -0.2) is 56.5 Å². The first-order chi connectivity index (χ1) is 9.08. The summed E-state index contributed by atoms with van der Waals surface area (Å²) >= 11 is 0. The molecule has 106 valence electrons. The Balaban J connectivity index is 2.71. The van der Waals surface area contributed by atoms with E-state index in [0.29, 0.717) is 12.0 Å². The topological polar surface area (TPSA) is 62.2 Å². The van der Waals surface area contributed by atoms with Gasteiger partial charge in [0.1, 0.15) is 5.75 Å². The van der Waals surface area contributed by atoms with Gasteiger partial charge < -0.3 is 24.4 Å². The zero-order chi connectivity index (χ0) is 14.3. The minimum absolute atomic E-state index is 0.473. The third kappa shape index (κ3) is 5.20. The summed E-state index contributed by atoms with van der Waals surface area (Å²) in [5.74, 6) is 0.753. The van der Waals surface area contributed by atoms with Crippen molar-refractivity contribution in [2.75, 3.05) is 34.4 Å². The van der Waals surface area contributed by atoms with Gasteiger partial charge in [-0.15, -0.1) is 0 Å². The van der Waals surface area contributed by atoms with E-state index in [1.54, 1.807) is 32.4 Å². The van der Waals surface area contributed by atoms with Crippen molar-refractivity contribution in [3.8, 4) is 5.75 Å². The average molecular weight is 267 g/mol. The lowest BCUT2D eigenvalue weighted by Crippen LogP contribution is -2.30. The molecule has 19 heavy (non-hydrogen) atoms. The van der Waals surface area contributed by atoms with E-state index in [9.17, 15) is 10.0 Å². The van der Waals surface area contributed by atoms with Crippen LogP contribution >= 0.6 is 0 Å². The van der Waals surface area contributed by atoms with Gasteiger partial charge in [0.05, 0.1) is 7.11 Å². The quantitative estimate of drug-likeness (QED) is 0.506. The second-order valence-corrected chi connectivity index (χ2v) is 4.53. The van der Waals surface area contributed by atoms with E-state index in [-0.39, 0.29) is 0 Å². The van der Waals surface area contributed by atoms with Gasteiger partial charge in [0.2, 0.25) is 0 Å². The Morgan fingerprint density at radius 1 is 1.26 bits per heavy atom. The summed E-state index contributed by atoms with van der Waals surface area (Å²) in [6.07, 6.45) is 0.956. The summed E-state index contributed by atoms with van der Waals surface area (Å²) in [4.78, 5) is 2.14. The third-order valence-electron chi connectivity index (χ3n) is 2.93. The van der Waals surface area contributed by atoms with E-state index in [0.717, 1.165) is 30.9 Å². The second kappa shape index (κ2) is 8.17. The molecule has 5 nitrogen and oxygen atoms in total. The van der Waals surface area contributed by atoms with Crippen LogP contribution in [0.15, 0.2) is 18.2 Å². The van der Waals surface area contributed by atoms with Crippen molar-refractivity contribution in [2.45, 2.75) is 13.0 Å². The molecule has 0 radical (unpaired) electrons. The first kappa shape index (κ1) is 16.0. The lowest BCUT2D eigenvalue weighted by molar-refractivity contribution is 0.178. The molecule has 0 aliphatic rings. The molecular formula is C13H22BNO4. The fourth-order valence-electron chi connectivity index (χ4n) is 1.93. The first-order valence-electron chi connectivity index (χ1n) is 6.29. The number of methoxy groups -OCH3 is 2. The van der Waals surface area contributed by atoms with Gasteiger partial charge in [-0.1, -0.05) is 12.1 Å². The van der Waals surface area contributed by atoms with Gasteiger partial charge in [-0.3, -0.25) is 0 Å². The molecule has 1 aromatic rings. The summed E-state index contributed by atoms with van der Waals surface area (Å²) < 4.78 is 10.3. The average Bonchev–Trinajstić information content (AvgIpc) is 2.38. The number of nitrogens with zero attached hydrogens (tertiary/aromatic N) is 1. The molecule has 0 saturated heterocycles. The summed E-state index contributed by atoms with van der Waals surface area (Å²) in [6, 6.07) is 5.17. The largest absolute Gasteiger partial charge is 0.496 e. The second-order valence-electron chi connectivity index (χ2n) is 4.53. The fraction of sp³-hybridized carbons (Fsp3) is 0.538. The number of benzene rings is 1. The van der Waals surface area contributed by atoms with Crippen LogP contribution in [0.25, 0.3) is 0 Å². The number of ether oxygens (including phenoxy) is 2. The van der Waals surface area contributed by atoms with E-state index < -0.39 is 7.12 Å². The summed E-state index contributed by atoms with van der Waals surface area (Å²) in [6.45, 7) is 2.33. The van der Waals surface area contributed by atoms with Crippen LogP contribution in [-0.2, 0) is 11.3 Å². The fourth-order valence-corrected chi connectivity index (χ4v) is 1.93. The summed E-state index contributed by atoms with van der Waals surface area (Å²) in [7, 11) is 3.86. The number of hydrogen-bond acceptors (Lipinski definition) is 5. The van der Waals surface area contributed by atoms with Gasteiger partial charge in [0.25, 0.3) is 0 Å².